The quantitative estimate of drug-likeness (QED) is 0.300. The molecule has 0 bridgehead atoms. The van der Waals surface area contributed by atoms with Gasteiger partial charge in [-0.15, -0.1) is 0 Å². The highest BCUT2D eigenvalue weighted by Gasteiger charge is 2.65. The minimum Gasteiger partial charge on any atom is -0.369 e. The Morgan fingerprint density at radius 2 is 1.75 bits per heavy atom. The van der Waals surface area contributed by atoms with Gasteiger partial charge in [0.2, 0.25) is 5.91 Å². The summed E-state index contributed by atoms with van der Waals surface area (Å²) in [5, 5.41) is 14.8. The molecule has 192 valence electrons. The van der Waals surface area contributed by atoms with Crippen LogP contribution in [0.4, 0.5) is 29.6 Å². The Labute approximate surface area is 210 Å². The van der Waals surface area contributed by atoms with Gasteiger partial charge in [-0.2, -0.15) is 10.4 Å². The number of nitrogens with zero attached hydrogens (tertiary/aromatic N) is 3. The Balaban J connectivity index is 1.95. The molecule has 0 spiro atoms. The zero-order valence-electron chi connectivity index (χ0n) is 17.8. The number of anilines is 1. The number of halogens is 8. The van der Waals surface area contributed by atoms with E-state index in [0.717, 1.165) is 4.68 Å². The first-order valence-electron chi connectivity index (χ1n) is 10.0. The highest BCUT2D eigenvalue weighted by Crippen LogP contribution is 3.02. The molecular formula is C21H15Cl2F6N5OS. The van der Waals surface area contributed by atoms with Gasteiger partial charge in [-0.05, 0) is 31.0 Å². The maximum absolute atomic E-state index is 14.2. The van der Waals surface area contributed by atoms with Crippen molar-refractivity contribution in [2.24, 2.45) is 5.73 Å². The lowest BCUT2D eigenvalue weighted by molar-refractivity contribution is -0.120. The fourth-order valence-electron chi connectivity index (χ4n) is 3.81. The Hall–Kier alpha value is -3.08. The number of nitriles is 1. The number of carbonyl (C=O) groups excluding carboxylic acids is 1. The van der Waals surface area contributed by atoms with E-state index in [2.05, 4.69) is 10.4 Å². The molecule has 3 aromatic rings. The van der Waals surface area contributed by atoms with Crippen molar-refractivity contribution in [1.29, 1.82) is 5.26 Å². The van der Waals surface area contributed by atoms with E-state index in [9.17, 15) is 33.9 Å². The molecule has 1 fully saturated rings. The summed E-state index contributed by atoms with van der Waals surface area (Å²) in [6.07, 6.45) is 0.476. The number of carbonyl (C=O) groups is 1. The van der Waals surface area contributed by atoms with Crippen molar-refractivity contribution in [3.8, 4) is 11.8 Å². The number of nitrogens with two attached hydrogens (primary N) is 1. The molecule has 6 nitrogen and oxygen atoms in total. The van der Waals surface area contributed by atoms with Crippen LogP contribution in [0.1, 0.15) is 29.7 Å². The zero-order chi connectivity index (χ0) is 26.7. The van der Waals surface area contributed by atoms with Crippen molar-refractivity contribution in [1.82, 2.24) is 9.78 Å². The minimum absolute atomic E-state index is 0.000648. The predicted molar refractivity (Wildman–Crippen MR) is 124 cm³/mol. The first-order valence-corrected chi connectivity index (χ1v) is 12.7. The molecule has 1 saturated carbocycles. The van der Waals surface area contributed by atoms with Crippen molar-refractivity contribution in [3.63, 3.8) is 0 Å². The van der Waals surface area contributed by atoms with Crippen LogP contribution in [0.2, 0.25) is 10.0 Å². The van der Waals surface area contributed by atoms with Crippen LogP contribution in [-0.2, 0) is 16.8 Å². The number of rotatable bonds is 7. The van der Waals surface area contributed by atoms with Crippen molar-refractivity contribution in [3.05, 3.63) is 69.1 Å². The molecule has 3 N–H and O–H groups in total. The Morgan fingerprint density at radius 3 is 2.22 bits per heavy atom. The molecule has 0 radical (unpaired) electrons. The summed E-state index contributed by atoms with van der Waals surface area (Å²) in [4.78, 5) is 9.95. The number of hydrogen-bond acceptors (Lipinski definition) is 4. The molecule has 1 aliphatic rings. The second-order valence-corrected chi connectivity index (χ2v) is 11.4. The van der Waals surface area contributed by atoms with Crippen molar-refractivity contribution < 1.29 is 28.6 Å². The van der Waals surface area contributed by atoms with E-state index < -0.39 is 48.0 Å². The smallest absolute Gasteiger partial charge is 0.310 e. The van der Waals surface area contributed by atoms with Gasteiger partial charge in [-0.1, -0.05) is 60.8 Å². The zero-order valence-corrected chi connectivity index (χ0v) is 20.2. The summed E-state index contributed by atoms with van der Waals surface area (Å²) in [5.74, 6) is -1.51. The monoisotopic (exact) mass is 569 g/mol. The minimum atomic E-state index is -10.1. The summed E-state index contributed by atoms with van der Waals surface area (Å²) in [6.45, 7) is -0.218. The molecule has 0 saturated heterocycles. The van der Waals surface area contributed by atoms with Crippen LogP contribution >= 0.6 is 33.4 Å². The van der Waals surface area contributed by atoms with Crippen LogP contribution in [-0.4, -0.2) is 15.7 Å². The lowest BCUT2D eigenvalue weighted by Gasteiger charge is -2.40. The largest absolute Gasteiger partial charge is 0.369 e. The summed E-state index contributed by atoms with van der Waals surface area (Å²) in [6, 6.07) is 7.43. The van der Waals surface area contributed by atoms with Crippen LogP contribution in [0.15, 0.2) is 41.3 Å². The van der Waals surface area contributed by atoms with E-state index in [4.69, 9.17) is 28.9 Å². The average molecular weight is 570 g/mol. The molecule has 2 aromatic carbocycles. The number of benzene rings is 2. The highest BCUT2D eigenvalue weighted by molar-refractivity contribution is 8.45. The van der Waals surface area contributed by atoms with E-state index in [1.54, 1.807) is 12.1 Å². The SMILES string of the molecule is N#Cc1nn(-c2c(Cl)cc(S(F)(F)(F)(F)F)cc2Cl)c(NCc2ccccc2F)c1C1(C(N)=O)CC1. The first-order chi connectivity index (χ1) is 16.5. The Kier molecular flexibility index (Phi) is 5.57. The normalized spacial score (nSPS) is 16.5. The van der Waals surface area contributed by atoms with Gasteiger partial charge in [0.15, 0.2) is 5.69 Å². The molecule has 15 heteroatoms. The van der Waals surface area contributed by atoms with Gasteiger partial charge in [0.25, 0.3) is 0 Å². The highest BCUT2D eigenvalue weighted by atomic mass is 35.5. The van der Waals surface area contributed by atoms with Gasteiger partial charge in [0.05, 0.1) is 15.5 Å². The fourth-order valence-corrected chi connectivity index (χ4v) is 5.27. The summed E-state index contributed by atoms with van der Waals surface area (Å²) >= 11 is 12.0. The number of nitrogens with one attached hydrogen (secondary N) is 1. The van der Waals surface area contributed by atoms with E-state index in [-0.39, 0.29) is 54.2 Å². The van der Waals surface area contributed by atoms with E-state index >= 15 is 0 Å². The molecule has 4 rings (SSSR count). The molecule has 1 heterocycles. The van der Waals surface area contributed by atoms with Crippen LogP contribution in [0.25, 0.3) is 5.69 Å². The number of amides is 1. The molecule has 0 atom stereocenters. The first kappa shape index (κ1) is 26.0. The second kappa shape index (κ2) is 7.71. The van der Waals surface area contributed by atoms with Gasteiger partial charge in [-0.3, -0.25) is 4.79 Å². The van der Waals surface area contributed by atoms with Gasteiger partial charge < -0.3 is 11.1 Å². The lowest BCUT2D eigenvalue weighted by Crippen LogP contribution is -2.29. The molecule has 0 unspecified atom stereocenters. The Bertz CT molecular complexity index is 1440. The van der Waals surface area contributed by atoms with Gasteiger partial charge in [0, 0.05) is 17.7 Å². The number of primary amides is 1. The van der Waals surface area contributed by atoms with E-state index in [0.29, 0.717) is 0 Å². The maximum Gasteiger partial charge on any atom is 0.310 e. The Morgan fingerprint density at radius 1 is 1.17 bits per heavy atom. The lowest BCUT2D eigenvalue weighted by atomic mass is 9.94. The van der Waals surface area contributed by atoms with Crippen molar-refractivity contribution in [2.45, 2.75) is 29.7 Å². The number of hydrogen-bond donors (Lipinski definition) is 2. The van der Waals surface area contributed by atoms with E-state index in [1.165, 1.54) is 18.2 Å². The third-order valence-electron chi connectivity index (χ3n) is 5.74. The second-order valence-electron chi connectivity index (χ2n) is 8.19. The van der Waals surface area contributed by atoms with Crippen LogP contribution in [0, 0.1) is 17.1 Å². The van der Waals surface area contributed by atoms with Crippen LogP contribution in [0.5, 0.6) is 0 Å². The van der Waals surface area contributed by atoms with Crippen LogP contribution < -0.4 is 11.1 Å². The summed E-state index contributed by atoms with van der Waals surface area (Å²) in [7, 11) is -10.1. The van der Waals surface area contributed by atoms with Gasteiger partial charge in [-0.25, -0.2) is 9.07 Å². The fraction of sp³-hybridized carbons (Fsp3) is 0.190. The van der Waals surface area contributed by atoms with Crippen LogP contribution in [0.3, 0.4) is 0 Å². The molecule has 0 aliphatic heterocycles. The molecule has 1 aliphatic carbocycles. The molecular weight excluding hydrogens is 555 g/mol. The van der Waals surface area contributed by atoms with Crippen molar-refractivity contribution in [2.75, 3.05) is 5.32 Å². The summed E-state index contributed by atoms with van der Waals surface area (Å²) < 4.78 is 81.9. The van der Waals surface area contributed by atoms with E-state index in [1.807, 2.05) is 0 Å². The molecule has 36 heavy (non-hydrogen) atoms. The topological polar surface area (TPSA) is 96.7 Å². The third-order valence-corrected chi connectivity index (χ3v) is 7.45. The predicted octanol–water partition coefficient (Wildman–Crippen LogP) is 6.98. The molecule has 1 aromatic heterocycles. The standard InChI is InChI=1S/C21H15Cl2F6N5OS/c22-13-7-12(36(25,26,27,28)29)8-14(23)18(13)34-19(32-10-11-3-1-2-4-15(11)24)17(16(9-30)33-34)21(5-6-21)20(31)35/h1-4,7-8,32H,5-6,10H2,(H2,31,35). The average Bonchev–Trinajstić information content (AvgIpc) is 3.48. The van der Waals surface area contributed by atoms with Crippen molar-refractivity contribution >= 4 is 45.2 Å². The third kappa shape index (κ3) is 4.56. The molecule has 1 amide bonds. The van der Waals surface area contributed by atoms with Gasteiger partial charge >= 0.3 is 10.2 Å². The number of aromatic nitrogens is 2. The summed E-state index contributed by atoms with van der Waals surface area (Å²) in [5.41, 5.74) is 3.61. The maximum atomic E-state index is 14.2. The van der Waals surface area contributed by atoms with Gasteiger partial charge in [0.1, 0.15) is 28.3 Å².